The van der Waals surface area contributed by atoms with Crippen LogP contribution in [0, 0.1) is 168 Å². The normalized spacial score (nSPS) is 35.3. The quantitative estimate of drug-likeness (QED) is 0.0496. The Bertz CT molecular complexity index is 3540. The summed E-state index contributed by atoms with van der Waals surface area (Å²) in [6, 6.07) is 0. The molecule has 12 nitrogen and oxygen atoms in total. The zero-order valence-corrected chi connectivity index (χ0v) is 87.3. The van der Waals surface area contributed by atoms with Crippen molar-refractivity contribution in [2.24, 2.45) is 168 Å². The molecular formula is C127H244O12. The first-order chi connectivity index (χ1) is 59.3. The maximum atomic E-state index is 12.9. The molecule has 0 aromatic rings. The lowest BCUT2D eigenvalue weighted by molar-refractivity contribution is -0.220. The fourth-order valence-electron chi connectivity index (χ4n) is 31.2. The summed E-state index contributed by atoms with van der Waals surface area (Å²) in [7, 11) is 0. The van der Waals surface area contributed by atoms with Gasteiger partial charge in [0.25, 0.3) is 0 Å². The van der Waals surface area contributed by atoms with E-state index in [9.17, 15) is 28.8 Å². The largest absolute Gasteiger partial charge is 0.459 e. The summed E-state index contributed by atoms with van der Waals surface area (Å²) in [5.74, 6) is 17.7. The van der Waals surface area contributed by atoms with Crippen LogP contribution in [0.15, 0.2) is 0 Å². The van der Waals surface area contributed by atoms with E-state index in [0.717, 1.165) is 159 Å². The first-order valence-corrected chi connectivity index (χ1v) is 54.7. The Kier molecular flexibility index (Phi) is 51.1. The minimum atomic E-state index is -0.365. The Morgan fingerprint density at radius 1 is 0.266 bits per heavy atom. The van der Waals surface area contributed by atoms with Gasteiger partial charge in [0.1, 0.15) is 33.6 Å². The number of carbonyl (C=O) groups excluding carboxylic acids is 6. The summed E-state index contributed by atoms with van der Waals surface area (Å²) in [5.41, 5.74) is -2.90. The molecule has 22 saturated carbocycles. The highest BCUT2D eigenvalue weighted by Gasteiger charge is 2.66. The van der Waals surface area contributed by atoms with E-state index in [1.54, 1.807) is 0 Å². The van der Waals surface area contributed by atoms with Crippen LogP contribution < -0.4 is 0 Å². The second-order valence-electron chi connectivity index (χ2n) is 53.6. The van der Waals surface area contributed by atoms with Crippen molar-refractivity contribution in [3.8, 4) is 0 Å². The van der Waals surface area contributed by atoms with Crippen molar-refractivity contribution in [3.63, 3.8) is 0 Å². The van der Waals surface area contributed by atoms with Crippen molar-refractivity contribution in [2.75, 3.05) is 0 Å². The van der Waals surface area contributed by atoms with Gasteiger partial charge in [-0.2, -0.15) is 0 Å². The third kappa shape index (κ3) is 29.3. The second-order valence-corrected chi connectivity index (χ2v) is 53.6. The van der Waals surface area contributed by atoms with Crippen LogP contribution in [0.4, 0.5) is 0 Å². The number of unbranched alkanes of at least 4 members (excludes halogenated alkanes) is 2. The van der Waals surface area contributed by atoms with Gasteiger partial charge in [-0.05, 0) is 525 Å². The molecule has 22 aliphatic rings. The third-order valence-corrected chi connectivity index (χ3v) is 41.4. The van der Waals surface area contributed by atoms with Crippen molar-refractivity contribution in [1.29, 1.82) is 0 Å². The Morgan fingerprint density at radius 3 is 0.835 bits per heavy atom. The molecule has 22 bridgehead atoms. The number of fused-ring (bicyclic) bond motifs is 2. The lowest BCUT2D eigenvalue weighted by atomic mass is 9.45. The number of rotatable bonds is 30. The van der Waals surface area contributed by atoms with E-state index < -0.39 is 0 Å². The van der Waals surface area contributed by atoms with Gasteiger partial charge >= 0.3 is 35.8 Å². The zero-order chi connectivity index (χ0) is 93.1. The Morgan fingerprint density at radius 2 is 0.525 bits per heavy atom. The van der Waals surface area contributed by atoms with Gasteiger partial charge in [-0.1, -0.05) is 177 Å². The van der Waals surface area contributed by atoms with Crippen LogP contribution in [0.2, 0.25) is 0 Å². The van der Waals surface area contributed by atoms with Gasteiger partial charge in [0.2, 0.25) is 0 Å². The van der Waals surface area contributed by atoms with Gasteiger partial charge in [0, 0.05) is 10.8 Å². The number of esters is 6. The number of ether oxygens (including phenoxy) is 6. The third-order valence-electron chi connectivity index (χ3n) is 41.4. The predicted octanol–water partition coefficient (Wildman–Crippen LogP) is 38.2. The summed E-state index contributed by atoms with van der Waals surface area (Å²) in [6.45, 7) is 56.4. The lowest BCUT2D eigenvalue weighted by Gasteiger charge is -2.62. The van der Waals surface area contributed by atoms with Gasteiger partial charge in [-0.3, -0.25) is 28.8 Å². The average molecular weight is 1960 g/mol. The predicted molar refractivity (Wildman–Crippen MR) is 597 cm³/mol. The van der Waals surface area contributed by atoms with Gasteiger partial charge in [0.15, 0.2) is 0 Å². The highest BCUT2D eigenvalue weighted by molar-refractivity contribution is 5.79. The molecule has 0 N–H and O–H groups in total. The zero-order valence-electron chi connectivity index (χ0n) is 87.3. The van der Waals surface area contributed by atoms with Gasteiger partial charge in [-0.25, -0.2) is 0 Å². The summed E-state index contributed by atoms with van der Waals surface area (Å²) in [5, 5.41) is 0. The topological polar surface area (TPSA) is 158 Å². The first-order valence-electron chi connectivity index (χ1n) is 54.7. The van der Waals surface area contributed by atoms with Crippen LogP contribution in [0.5, 0.6) is 0 Å². The van der Waals surface area contributed by atoms with E-state index in [1.165, 1.54) is 231 Å². The molecule has 22 rings (SSSR count). The fourth-order valence-corrected chi connectivity index (χ4v) is 31.2. The molecule has 0 saturated heterocycles. The van der Waals surface area contributed by atoms with Crippen molar-refractivity contribution in [2.45, 2.75) is 611 Å². The minimum absolute atomic E-state index is 0. The molecule has 3 atom stereocenters. The first kappa shape index (κ1) is 136. The van der Waals surface area contributed by atoms with Crippen molar-refractivity contribution >= 4 is 35.8 Å². The molecule has 0 aliphatic heterocycles. The standard InChI is InChI=1S/C22H38O2.C20H34O2.C19H32O2.C19H34O2.C18H30O2.C17H28O2.12CH4/c1-6-8-9-21(5,24-19(23)20(3,4)7-2)22-13-16-10-17(14-22)12-18(11-16)15-22;1-5-7-8-20(22-18(21)19(3,4)6-2)16-10-14-9-15(12-16)13-17(20)11-14;1-6-17(2,3)16(20)21-18(4,5)19-10-13-7-14(11-19)9-15(8-13)12-19;1-6-18(2,3)17(20)21-19(4,5)10-9-16-12-14-7-8-15(11-14)13-16;1-5-17(3,4)16(19)20-18(6-2)14-8-12-7-13(10-14)11-15(18)9-12;1-5-16(2,3)15(18)19-17(4)13-7-11-6-12(9-13)10-14(17)8-11;;;;;;;;;;;;/h16-18H,6-15H2,1-5H3;14-17H,5-13H2,1-4H3;13-15H,6-12H2,1-5H3;14-16H,6-13H2,1-5H3;12-15H,5-11H2,1-4H3;11-14H,5-10H2,1-4H3;12*1H4. The van der Waals surface area contributed by atoms with Gasteiger partial charge < -0.3 is 28.4 Å². The summed E-state index contributed by atoms with van der Waals surface area (Å²) in [6.07, 6.45) is 58.8. The summed E-state index contributed by atoms with van der Waals surface area (Å²) >= 11 is 0. The highest BCUT2D eigenvalue weighted by Crippen LogP contribution is 2.69. The molecule has 22 fully saturated rings. The molecule has 0 spiro atoms. The van der Waals surface area contributed by atoms with Crippen LogP contribution in [-0.2, 0) is 57.2 Å². The molecule has 12 heteroatoms. The van der Waals surface area contributed by atoms with E-state index >= 15 is 0 Å². The minimum Gasteiger partial charge on any atom is -0.459 e. The van der Waals surface area contributed by atoms with Gasteiger partial charge in [-0.15, -0.1) is 0 Å². The van der Waals surface area contributed by atoms with Crippen LogP contribution >= 0.6 is 0 Å². The molecule has 3 unspecified atom stereocenters. The van der Waals surface area contributed by atoms with Crippen molar-refractivity contribution in [3.05, 3.63) is 0 Å². The monoisotopic (exact) mass is 1960 g/mol. The van der Waals surface area contributed by atoms with Crippen molar-refractivity contribution in [1.82, 2.24) is 0 Å². The molecule has 0 radical (unpaired) electrons. The molecule has 22 aliphatic carbocycles. The van der Waals surface area contributed by atoms with Crippen molar-refractivity contribution < 1.29 is 57.2 Å². The number of carbonyl (C=O) groups is 6. The SMILES string of the molecule is C.C.C.C.C.C.C.C.C.C.C.C.CCC(C)(C)C(=O)OC(C)(C)C12CC3CC(CC(C3)C1)C2.CCC(C)(C)C(=O)OC(C)(C)CCC1CC2CCC(C2)C1.CCC(C)(C)C(=O)OC1(C)C2CC3CC(C2)CC1C3.CCC(C)(C)C(=O)OC1(CC)C2CC3CC(C2)CC1C3.CCCCC(C)(OC(=O)C(C)(C)CC)C12CC3CC(CC(C3)C1)C2.CCCCC1(OC(=O)C(C)(C)CC)C2CC3CC(C2)CC1C3. The maximum Gasteiger partial charge on any atom is 0.312 e. The molecule has 0 aromatic carbocycles. The average Bonchev–Trinajstić information content (AvgIpc) is 0.901. The number of hydrogen-bond acceptors (Lipinski definition) is 12. The highest BCUT2D eigenvalue weighted by atomic mass is 16.6. The van der Waals surface area contributed by atoms with E-state index in [1.807, 2.05) is 90.0 Å². The molecule has 0 amide bonds. The molecular weight excluding hydrogens is 1720 g/mol. The number of hydrogen-bond donors (Lipinski definition) is 0. The maximum absolute atomic E-state index is 12.9. The second kappa shape index (κ2) is 52.3. The molecule has 824 valence electrons. The van der Waals surface area contributed by atoms with E-state index in [0.29, 0.717) is 35.5 Å². The van der Waals surface area contributed by atoms with Crippen LogP contribution in [-0.4, -0.2) is 69.4 Å². The summed E-state index contributed by atoms with van der Waals surface area (Å²) < 4.78 is 37.2. The van der Waals surface area contributed by atoms with Gasteiger partial charge in [0.05, 0.1) is 32.5 Å². The van der Waals surface area contributed by atoms with E-state index in [4.69, 9.17) is 28.4 Å². The van der Waals surface area contributed by atoms with Crippen LogP contribution in [0.1, 0.15) is 578 Å². The Hall–Kier alpha value is -3.18. The summed E-state index contributed by atoms with van der Waals surface area (Å²) in [4.78, 5) is 75.7. The molecule has 0 aromatic heterocycles. The Labute approximate surface area is 866 Å². The molecule has 139 heavy (non-hydrogen) atoms. The molecule has 0 heterocycles. The lowest BCUT2D eigenvalue weighted by Crippen LogP contribution is -2.60. The fraction of sp³-hybridized carbons (Fsp3) is 0.953. The smallest absolute Gasteiger partial charge is 0.312 e. The van der Waals surface area contributed by atoms with E-state index in [2.05, 4.69) is 96.9 Å². The van der Waals surface area contributed by atoms with Crippen LogP contribution in [0.3, 0.4) is 0 Å². The van der Waals surface area contributed by atoms with E-state index in [-0.39, 0.29) is 202 Å². The van der Waals surface area contributed by atoms with Crippen LogP contribution in [0.25, 0.3) is 0 Å². The Balaban J connectivity index is 0.00000162.